The van der Waals surface area contributed by atoms with Crippen LogP contribution in [0.25, 0.3) is 0 Å². The lowest BCUT2D eigenvalue weighted by Gasteiger charge is -2.15. The van der Waals surface area contributed by atoms with E-state index in [9.17, 15) is 9.59 Å². The SMILES string of the molecule is Cc1ccc(OCCCC(=O)Nc2ccc(CNC(=O)[C@@H](N)C(C)C)cc2)cc1. The molecule has 2 rings (SSSR count). The summed E-state index contributed by atoms with van der Waals surface area (Å²) in [5, 5.41) is 5.70. The highest BCUT2D eigenvalue weighted by molar-refractivity contribution is 5.90. The van der Waals surface area contributed by atoms with Gasteiger partial charge in [0.15, 0.2) is 0 Å². The van der Waals surface area contributed by atoms with Crippen LogP contribution in [0.2, 0.25) is 0 Å². The van der Waals surface area contributed by atoms with Crippen LogP contribution in [0.1, 0.15) is 37.8 Å². The molecule has 2 amide bonds. The minimum atomic E-state index is -0.511. The normalized spacial score (nSPS) is 11.8. The molecule has 0 aliphatic rings. The van der Waals surface area contributed by atoms with Crippen molar-refractivity contribution in [3.05, 3.63) is 59.7 Å². The van der Waals surface area contributed by atoms with E-state index in [0.29, 0.717) is 26.0 Å². The standard InChI is InChI=1S/C23H31N3O3/c1-16(2)22(24)23(28)25-15-18-8-10-19(11-9-18)26-21(27)5-4-14-29-20-12-6-17(3)7-13-20/h6-13,16,22H,4-5,14-15,24H2,1-3H3,(H,25,28)(H,26,27)/t22-/m0/s1. The topological polar surface area (TPSA) is 93.5 Å². The van der Waals surface area contributed by atoms with Crippen molar-refractivity contribution in [2.75, 3.05) is 11.9 Å². The van der Waals surface area contributed by atoms with E-state index in [2.05, 4.69) is 10.6 Å². The predicted octanol–water partition coefficient (Wildman–Crippen LogP) is 3.39. The van der Waals surface area contributed by atoms with Crippen molar-refractivity contribution < 1.29 is 14.3 Å². The molecule has 29 heavy (non-hydrogen) atoms. The van der Waals surface area contributed by atoms with Gasteiger partial charge in [-0.15, -0.1) is 0 Å². The number of nitrogens with one attached hydrogen (secondary N) is 2. The van der Waals surface area contributed by atoms with Gasteiger partial charge in [0.25, 0.3) is 0 Å². The lowest BCUT2D eigenvalue weighted by atomic mass is 10.0. The largest absolute Gasteiger partial charge is 0.494 e. The molecule has 4 N–H and O–H groups in total. The van der Waals surface area contributed by atoms with Crippen molar-refractivity contribution in [3.63, 3.8) is 0 Å². The number of ether oxygens (including phenoxy) is 1. The fourth-order valence-corrected chi connectivity index (χ4v) is 2.60. The van der Waals surface area contributed by atoms with Gasteiger partial charge in [-0.1, -0.05) is 43.7 Å². The highest BCUT2D eigenvalue weighted by Crippen LogP contribution is 2.13. The number of amides is 2. The Hall–Kier alpha value is -2.86. The van der Waals surface area contributed by atoms with Gasteiger partial charge >= 0.3 is 0 Å². The molecule has 0 unspecified atom stereocenters. The number of nitrogens with two attached hydrogens (primary N) is 1. The molecule has 0 spiro atoms. The first-order chi connectivity index (χ1) is 13.8. The van der Waals surface area contributed by atoms with Gasteiger partial charge in [-0.2, -0.15) is 0 Å². The Balaban J connectivity index is 1.68. The Morgan fingerprint density at radius 1 is 1.03 bits per heavy atom. The monoisotopic (exact) mass is 397 g/mol. The van der Waals surface area contributed by atoms with Gasteiger partial charge in [-0.05, 0) is 49.1 Å². The average molecular weight is 398 g/mol. The van der Waals surface area contributed by atoms with Gasteiger partial charge in [0, 0.05) is 18.7 Å². The molecule has 2 aromatic rings. The fraction of sp³-hybridized carbons (Fsp3) is 0.391. The molecule has 0 saturated carbocycles. The summed E-state index contributed by atoms with van der Waals surface area (Å²) in [5.74, 6) is 0.689. The Kier molecular flexibility index (Phi) is 8.68. The lowest BCUT2D eigenvalue weighted by molar-refractivity contribution is -0.123. The number of anilines is 1. The zero-order valence-electron chi connectivity index (χ0n) is 17.4. The van der Waals surface area contributed by atoms with E-state index in [-0.39, 0.29) is 17.7 Å². The molecule has 0 radical (unpaired) electrons. The molecule has 0 heterocycles. The third kappa shape index (κ3) is 7.95. The van der Waals surface area contributed by atoms with Gasteiger partial charge in [0.05, 0.1) is 12.6 Å². The van der Waals surface area contributed by atoms with E-state index >= 15 is 0 Å². The molecule has 0 aliphatic heterocycles. The molecule has 6 nitrogen and oxygen atoms in total. The maximum Gasteiger partial charge on any atom is 0.237 e. The molecular weight excluding hydrogens is 366 g/mol. The maximum absolute atomic E-state index is 12.1. The van der Waals surface area contributed by atoms with E-state index in [0.717, 1.165) is 17.0 Å². The van der Waals surface area contributed by atoms with Crippen LogP contribution >= 0.6 is 0 Å². The van der Waals surface area contributed by atoms with Crippen molar-refractivity contribution in [2.24, 2.45) is 11.7 Å². The lowest BCUT2D eigenvalue weighted by Crippen LogP contribution is -2.43. The van der Waals surface area contributed by atoms with Crippen LogP contribution in [-0.4, -0.2) is 24.5 Å². The van der Waals surface area contributed by atoms with Crippen LogP contribution in [0.15, 0.2) is 48.5 Å². The maximum atomic E-state index is 12.1. The number of carbonyl (C=O) groups is 2. The van der Waals surface area contributed by atoms with Crippen LogP contribution in [0, 0.1) is 12.8 Å². The zero-order valence-corrected chi connectivity index (χ0v) is 17.4. The van der Waals surface area contributed by atoms with Crippen molar-refractivity contribution in [2.45, 2.75) is 46.2 Å². The van der Waals surface area contributed by atoms with Gasteiger partial charge in [0.1, 0.15) is 5.75 Å². The van der Waals surface area contributed by atoms with E-state index in [1.165, 1.54) is 5.56 Å². The number of hydrogen-bond acceptors (Lipinski definition) is 4. The summed E-state index contributed by atoms with van der Waals surface area (Å²) in [6.07, 6.45) is 1.02. The summed E-state index contributed by atoms with van der Waals surface area (Å²) in [5.41, 5.74) is 8.68. The van der Waals surface area contributed by atoms with Crippen LogP contribution in [0.4, 0.5) is 5.69 Å². The summed E-state index contributed by atoms with van der Waals surface area (Å²) in [6, 6.07) is 14.7. The number of benzene rings is 2. The number of carbonyl (C=O) groups excluding carboxylic acids is 2. The van der Waals surface area contributed by atoms with Crippen molar-refractivity contribution in [1.82, 2.24) is 5.32 Å². The quantitative estimate of drug-likeness (QED) is 0.536. The molecule has 2 aromatic carbocycles. The summed E-state index contributed by atoms with van der Waals surface area (Å²) in [7, 11) is 0. The Morgan fingerprint density at radius 3 is 2.31 bits per heavy atom. The first-order valence-electron chi connectivity index (χ1n) is 9.96. The fourth-order valence-electron chi connectivity index (χ4n) is 2.60. The van der Waals surface area contributed by atoms with E-state index in [1.807, 2.05) is 69.3 Å². The minimum Gasteiger partial charge on any atom is -0.494 e. The predicted molar refractivity (Wildman–Crippen MR) is 116 cm³/mol. The molecule has 6 heteroatoms. The number of rotatable bonds is 10. The summed E-state index contributed by atoms with van der Waals surface area (Å²) in [4.78, 5) is 24.0. The third-order valence-electron chi connectivity index (χ3n) is 4.56. The minimum absolute atomic E-state index is 0.0542. The van der Waals surface area contributed by atoms with Gasteiger partial charge in [-0.25, -0.2) is 0 Å². The summed E-state index contributed by atoms with van der Waals surface area (Å²) < 4.78 is 5.63. The molecule has 0 bridgehead atoms. The molecule has 0 aromatic heterocycles. The van der Waals surface area contributed by atoms with Crippen LogP contribution in [0.5, 0.6) is 5.75 Å². The molecular formula is C23H31N3O3. The second kappa shape index (κ2) is 11.2. The van der Waals surface area contributed by atoms with E-state index in [4.69, 9.17) is 10.5 Å². The molecule has 156 valence electrons. The Bertz CT molecular complexity index is 786. The third-order valence-corrected chi connectivity index (χ3v) is 4.56. The van der Waals surface area contributed by atoms with Crippen LogP contribution in [-0.2, 0) is 16.1 Å². The van der Waals surface area contributed by atoms with Crippen molar-refractivity contribution in [1.29, 1.82) is 0 Å². The molecule has 1 atom stereocenters. The number of hydrogen-bond donors (Lipinski definition) is 3. The second-order valence-electron chi connectivity index (χ2n) is 7.50. The van der Waals surface area contributed by atoms with Gasteiger partial charge in [0.2, 0.25) is 11.8 Å². The second-order valence-corrected chi connectivity index (χ2v) is 7.50. The first-order valence-corrected chi connectivity index (χ1v) is 9.96. The van der Waals surface area contributed by atoms with Gasteiger partial charge < -0.3 is 21.1 Å². The van der Waals surface area contributed by atoms with Gasteiger partial charge in [-0.3, -0.25) is 9.59 Å². The van der Waals surface area contributed by atoms with E-state index < -0.39 is 6.04 Å². The Labute approximate surface area is 172 Å². The average Bonchev–Trinajstić information content (AvgIpc) is 2.71. The number of aryl methyl sites for hydroxylation is 1. The molecule has 0 fully saturated rings. The van der Waals surface area contributed by atoms with Crippen LogP contribution < -0.4 is 21.1 Å². The molecule has 0 saturated heterocycles. The summed E-state index contributed by atoms with van der Waals surface area (Å²) >= 11 is 0. The molecule has 0 aliphatic carbocycles. The highest BCUT2D eigenvalue weighted by atomic mass is 16.5. The zero-order chi connectivity index (χ0) is 21.2. The van der Waals surface area contributed by atoms with Crippen LogP contribution in [0.3, 0.4) is 0 Å². The van der Waals surface area contributed by atoms with Crippen molar-refractivity contribution in [3.8, 4) is 5.75 Å². The smallest absolute Gasteiger partial charge is 0.237 e. The summed E-state index contributed by atoms with van der Waals surface area (Å²) in [6.45, 7) is 6.75. The van der Waals surface area contributed by atoms with Crippen molar-refractivity contribution >= 4 is 17.5 Å². The highest BCUT2D eigenvalue weighted by Gasteiger charge is 2.16. The first kappa shape index (κ1) is 22.4. The van der Waals surface area contributed by atoms with E-state index in [1.54, 1.807) is 0 Å². The Morgan fingerprint density at radius 2 is 1.69 bits per heavy atom.